The van der Waals surface area contributed by atoms with Crippen LogP contribution in [0.15, 0.2) is 0 Å². The number of hydrogen-bond acceptors (Lipinski definition) is 3. The van der Waals surface area contributed by atoms with Crippen molar-refractivity contribution in [2.24, 2.45) is 0 Å². The zero-order valence-electron chi connectivity index (χ0n) is 9.26. The third kappa shape index (κ3) is 3.64. The highest BCUT2D eigenvalue weighted by Gasteiger charge is 2.20. The second kappa shape index (κ2) is 5.32. The molecule has 4 heteroatoms. The zero-order valence-corrected chi connectivity index (χ0v) is 9.26. The molecule has 1 fully saturated rings. The molecule has 4 nitrogen and oxygen atoms in total. The number of rotatable bonds is 4. The lowest BCUT2D eigenvalue weighted by Crippen LogP contribution is -2.48. The van der Waals surface area contributed by atoms with E-state index in [1.807, 2.05) is 20.8 Å². The minimum Gasteiger partial charge on any atom is -0.353 e. The Bertz CT molecular complexity index is 188. The Morgan fingerprint density at radius 3 is 2.64 bits per heavy atom. The highest BCUT2D eigenvalue weighted by atomic mass is 16.2. The molecule has 0 radical (unpaired) electrons. The molecule has 0 aromatic heterocycles. The fourth-order valence-electron chi connectivity index (χ4n) is 1.64. The second-order valence-electron chi connectivity index (χ2n) is 4.24. The van der Waals surface area contributed by atoms with Crippen molar-refractivity contribution < 1.29 is 4.79 Å². The molecule has 1 saturated heterocycles. The molecule has 0 aliphatic carbocycles. The molecule has 2 unspecified atom stereocenters. The second-order valence-corrected chi connectivity index (χ2v) is 4.24. The Labute approximate surface area is 85.8 Å². The average molecular weight is 199 g/mol. The van der Waals surface area contributed by atoms with Gasteiger partial charge in [-0.25, -0.2) is 0 Å². The van der Waals surface area contributed by atoms with Gasteiger partial charge in [0, 0.05) is 18.6 Å². The molecule has 1 aliphatic heterocycles. The SMILES string of the molecule is CC(C)NC(=O)C(C)NC1CCNC1. The van der Waals surface area contributed by atoms with E-state index in [2.05, 4.69) is 16.0 Å². The summed E-state index contributed by atoms with van der Waals surface area (Å²) in [4.78, 5) is 11.5. The lowest BCUT2D eigenvalue weighted by molar-refractivity contribution is -0.123. The van der Waals surface area contributed by atoms with Gasteiger partial charge in [-0.2, -0.15) is 0 Å². The highest BCUT2D eigenvalue weighted by Crippen LogP contribution is 1.99. The van der Waals surface area contributed by atoms with Gasteiger partial charge in [-0.15, -0.1) is 0 Å². The van der Waals surface area contributed by atoms with Gasteiger partial charge in [0.25, 0.3) is 0 Å². The van der Waals surface area contributed by atoms with Crippen LogP contribution in [-0.2, 0) is 4.79 Å². The van der Waals surface area contributed by atoms with Gasteiger partial charge in [0.2, 0.25) is 5.91 Å². The Morgan fingerprint density at radius 2 is 2.14 bits per heavy atom. The van der Waals surface area contributed by atoms with E-state index in [0.29, 0.717) is 6.04 Å². The van der Waals surface area contributed by atoms with Gasteiger partial charge in [-0.05, 0) is 33.7 Å². The van der Waals surface area contributed by atoms with Crippen molar-refractivity contribution in [2.45, 2.75) is 45.3 Å². The Hall–Kier alpha value is -0.610. The summed E-state index contributed by atoms with van der Waals surface area (Å²) >= 11 is 0. The smallest absolute Gasteiger partial charge is 0.237 e. The lowest BCUT2D eigenvalue weighted by atomic mass is 10.2. The van der Waals surface area contributed by atoms with Crippen molar-refractivity contribution in [2.75, 3.05) is 13.1 Å². The summed E-state index contributed by atoms with van der Waals surface area (Å²) in [6.07, 6.45) is 1.11. The largest absolute Gasteiger partial charge is 0.353 e. The number of carbonyl (C=O) groups excluding carboxylic acids is 1. The van der Waals surface area contributed by atoms with Crippen LogP contribution in [0.1, 0.15) is 27.2 Å². The summed E-state index contributed by atoms with van der Waals surface area (Å²) < 4.78 is 0. The van der Waals surface area contributed by atoms with E-state index in [-0.39, 0.29) is 18.0 Å². The molecular weight excluding hydrogens is 178 g/mol. The summed E-state index contributed by atoms with van der Waals surface area (Å²) in [5, 5.41) is 9.47. The van der Waals surface area contributed by atoms with E-state index in [9.17, 15) is 4.79 Å². The molecule has 0 spiro atoms. The van der Waals surface area contributed by atoms with Crippen LogP contribution in [0.25, 0.3) is 0 Å². The van der Waals surface area contributed by atoms with E-state index < -0.39 is 0 Å². The van der Waals surface area contributed by atoms with Crippen LogP contribution in [0.5, 0.6) is 0 Å². The monoisotopic (exact) mass is 199 g/mol. The van der Waals surface area contributed by atoms with Crippen molar-refractivity contribution in [3.05, 3.63) is 0 Å². The molecule has 0 bridgehead atoms. The normalized spacial score (nSPS) is 23.9. The maximum absolute atomic E-state index is 11.5. The van der Waals surface area contributed by atoms with E-state index in [1.165, 1.54) is 0 Å². The van der Waals surface area contributed by atoms with Crippen LogP contribution in [0.4, 0.5) is 0 Å². The molecule has 2 atom stereocenters. The summed E-state index contributed by atoms with van der Waals surface area (Å²) in [5.41, 5.74) is 0. The molecule has 3 N–H and O–H groups in total. The Morgan fingerprint density at radius 1 is 1.43 bits per heavy atom. The van der Waals surface area contributed by atoms with Gasteiger partial charge in [0.05, 0.1) is 6.04 Å². The molecular formula is C10H21N3O. The van der Waals surface area contributed by atoms with Gasteiger partial charge in [-0.1, -0.05) is 0 Å². The van der Waals surface area contributed by atoms with Gasteiger partial charge in [0.1, 0.15) is 0 Å². The van der Waals surface area contributed by atoms with Crippen molar-refractivity contribution in [3.8, 4) is 0 Å². The van der Waals surface area contributed by atoms with Crippen LogP contribution in [0, 0.1) is 0 Å². The van der Waals surface area contributed by atoms with E-state index in [0.717, 1.165) is 19.5 Å². The van der Waals surface area contributed by atoms with Crippen LogP contribution >= 0.6 is 0 Å². The molecule has 82 valence electrons. The van der Waals surface area contributed by atoms with Crippen LogP contribution in [0.2, 0.25) is 0 Å². The van der Waals surface area contributed by atoms with E-state index in [4.69, 9.17) is 0 Å². The molecule has 1 aliphatic rings. The van der Waals surface area contributed by atoms with Gasteiger partial charge >= 0.3 is 0 Å². The van der Waals surface area contributed by atoms with Crippen molar-refractivity contribution in [3.63, 3.8) is 0 Å². The summed E-state index contributed by atoms with van der Waals surface area (Å²) in [6, 6.07) is 0.568. The molecule has 0 aromatic rings. The third-order valence-electron chi connectivity index (χ3n) is 2.37. The van der Waals surface area contributed by atoms with Crippen LogP contribution in [0.3, 0.4) is 0 Å². The number of carbonyl (C=O) groups is 1. The fourth-order valence-corrected chi connectivity index (χ4v) is 1.64. The maximum atomic E-state index is 11.5. The summed E-state index contributed by atoms with van der Waals surface area (Å²) in [6.45, 7) is 7.88. The number of amides is 1. The number of nitrogens with one attached hydrogen (secondary N) is 3. The lowest BCUT2D eigenvalue weighted by Gasteiger charge is -2.19. The minimum absolute atomic E-state index is 0.0897. The summed E-state index contributed by atoms with van der Waals surface area (Å²) in [7, 11) is 0. The minimum atomic E-state index is -0.0951. The molecule has 0 aromatic carbocycles. The zero-order chi connectivity index (χ0) is 10.6. The summed E-state index contributed by atoms with van der Waals surface area (Å²) in [5.74, 6) is 0.0897. The molecule has 0 saturated carbocycles. The predicted octanol–water partition coefficient (Wildman–Crippen LogP) is -0.149. The fraction of sp³-hybridized carbons (Fsp3) is 0.900. The quantitative estimate of drug-likeness (QED) is 0.590. The topological polar surface area (TPSA) is 53.2 Å². The Kier molecular flexibility index (Phi) is 4.35. The first-order valence-electron chi connectivity index (χ1n) is 5.36. The molecule has 1 heterocycles. The van der Waals surface area contributed by atoms with E-state index >= 15 is 0 Å². The molecule has 14 heavy (non-hydrogen) atoms. The van der Waals surface area contributed by atoms with Gasteiger partial charge in [0.15, 0.2) is 0 Å². The molecule has 1 rings (SSSR count). The maximum Gasteiger partial charge on any atom is 0.237 e. The Balaban J connectivity index is 2.25. The molecule has 1 amide bonds. The van der Waals surface area contributed by atoms with Crippen molar-refractivity contribution in [1.29, 1.82) is 0 Å². The van der Waals surface area contributed by atoms with E-state index in [1.54, 1.807) is 0 Å². The van der Waals surface area contributed by atoms with Crippen LogP contribution < -0.4 is 16.0 Å². The first-order valence-corrected chi connectivity index (χ1v) is 5.36. The van der Waals surface area contributed by atoms with Gasteiger partial charge in [-0.3, -0.25) is 4.79 Å². The van der Waals surface area contributed by atoms with Crippen molar-refractivity contribution >= 4 is 5.91 Å². The number of hydrogen-bond donors (Lipinski definition) is 3. The van der Waals surface area contributed by atoms with Crippen molar-refractivity contribution in [1.82, 2.24) is 16.0 Å². The first kappa shape index (κ1) is 11.5. The average Bonchev–Trinajstić information content (AvgIpc) is 2.55. The highest BCUT2D eigenvalue weighted by molar-refractivity contribution is 5.81. The van der Waals surface area contributed by atoms with Gasteiger partial charge < -0.3 is 16.0 Å². The standard InChI is InChI=1S/C10H21N3O/c1-7(2)12-10(14)8(3)13-9-4-5-11-6-9/h7-9,11,13H,4-6H2,1-3H3,(H,12,14). The van der Waals surface area contributed by atoms with Crippen LogP contribution in [-0.4, -0.2) is 37.1 Å². The first-order chi connectivity index (χ1) is 6.59. The third-order valence-corrected chi connectivity index (χ3v) is 2.37. The predicted molar refractivity (Wildman–Crippen MR) is 57.2 cm³/mol.